The van der Waals surface area contributed by atoms with Crippen LogP contribution in [0.1, 0.15) is 21.5 Å². The molecule has 0 atom stereocenters. The van der Waals surface area contributed by atoms with Crippen molar-refractivity contribution in [1.29, 1.82) is 0 Å². The number of aryl methyl sites for hydroxylation is 1. The molecule has 0 aliphatic carbocycles. The lowest BCUT2D eigenvalue weighted by Gasteiger charge is -2.13. The molecular formula is C22H20N6O3. The highest BCUT2D eigenvalue weighted by Gasteiger charge is 2.12. The largest absolute Gasteiger partial charge is 0.493 e. The fraction of sp³-hybridized carbons (Fsp3) is 0.136. The SMILES string of the molecule is COc1ccc(NC(=O)c2ccc(-n3cnnn3)c(C)c2)cc1OCc1ccncc1. The number of pyridine rings is 1. The molecule has 0 unspecified atom stereocenters. The Kier molecular flexibility index (Phi) is 5.84. The Labute approximate surface area is 178 Å². The zero-order valence-corrected chi connectivity index (χ0v) is 17.0. The monoisotopic (exact) mass is 416 g/mol. The van der Waals surface area contributed by atoms with Gasteiger partial charge in [-0.3, -0.25) is 9.78 Å². The fourth-order valence-corrected chi connectivity index (χ4v) is 3.04. The van der Waals surface area contributed by atoms with Gasteiger partial charge in [-0.25, -0.2) is 4.68 Å². The average molecular weight is 416 g/mol. The van der Waals surface area contributed by atoms with Crippen LogP contribution < -0.4 is 14.8 Å². The van der Waals surface area contributed by atoms with E-state index in [1.54, 1.807) is 60.6 Å². The first-order valence-corrected chi connectivity index (χ1v) is 9.49. The van der Waals surface area contributed by atoms with E-state index in [4.69, 9.17) is 9.47 Å². The minimum atomic E-state index is -0.239. The summed E-state index contributed by atoms with van der Waals surface area (Å²) in [7, 11) is 1.57. The molecular weight excluding hydrogens is 396 g/mol. The normalized spacial score (nSPS) is 10.5. The van der Waals surface area contributed by atoms with Crippen LogP contribution in [0.25, 0.3) is 5.69 Å². The molecule has 0 fully saturated rings. The molecule has 156 valence electrons. The van der Waals surface area contributed by atoms with Crippen molar-refractivity contribution in [2.75, 3.05) is 12.4 Å². The number of benzene rings is 2. The molecule has 0 aliphatic rings. The van der Waals surface area contributed by atoms with E-state index in [1.807, 2.05) is 19.1 Å². The maximum atomic E-state index is 12.8. The summed E-state index contributed by atoms with van der Waals surface area (Å²) in [5.74, 6) is 0.868. The number of methoxy groups -OCH3 is 1. The predicted octanol–water partition coefficient (Wildman–Crippen LogP) is 3.21. The smallest absolute Gasteiger partial charge is 0.255 e. The van der Waals surface area contributed by atoms with E-state index in [0.717, 1.165) is 16.8 Å². The molecule has 2 aromatic heterocycles. The van der Waals surface area contributed by atoms with Gasteiger partial charge >= 0.3 is 0 Å². The third-order valence-corrected chi connectivity index (χ3v) is 4.62. The van der Waals surface area contributed by atoms with Gasteiger partial charge in [0.05, 0.1) is 12.8 Å². The van der Waals surface area contributed by atoms with Crippen LogP contribution in [0, 0.1) is 6.92 Å². The van der Waals surface area contributed by atoms with E-state index in [-0.39, 0.29) is 5.91 Å². The maximum Gasteiger partial charge on any atom is 0.255 e. The van der Waals surface area contributed by atoms with Gasteiger partial charge in [0.1, 0.15) is 12.9 Å². The van der Waals surface area contributed by atoms with Crippen LogP contribution in [-0.2, 0) is 6.61 Å². The van der Waals surface area contributed by atoms with Crippen molar-refractivity contribution in [2.45, 2.75) is 13.5 Å². The number of carbonyl (C=O) groups excluding carboxylic acids is 1. The Morgan fingerprint density at radius 1 is 1.06 bits per heavy atom. The molecule has 0 saturated heterocycles. The molecule has 2 aromatic carbocycles. The first-order chi connectivity index (χ1) is 15.1. The minimum absolute atomic E-state index is 0.239. The molecule has 9 heteroatoms. The molecule has 0 radical (unpaired) electrons. The van der Waals surface area contributed by atoms with Crippen LogP contribution in [0.2, 0.25) is 0 Å². The van der Waals surface area contributed by atoms with Crippen LogP contribution >= 0.6 is 0 Å². The van der Waals surface area contributed by atoms with Crippen LogP contribution in [0.15, 0.2) is 67.3 Å². The van der Waals surface area contributed by atoms with Gasteiger partial charge in [0.15, 0.2) is 11.5 Å². The van der Waals surface area contributed by atoms with E-state index >= 15 is 0 Å². The molecule has 9 nitrogen and oxygen atoms in total. The molecule has 31 heavy (non-hydrogen) atoms. The number of aromatic nitrogens is 5. The lowest BCUT2D eigenvalue weighted by molar-refractivity contribution is 0.102. The Morgan fingerprint density at radius 2 is 1.90 bits per heavy atom. The highest BCUT2D eigenvalue weighted by Crippen LogP contribution is 2.31. The van der Waals surface area contributed by atoms with E-state index in [0.29, 0.717) is 29.4 Å². The lowest BCUT2D eigenvalue weighted by Crippen LogP contribution is -2.13. The van der Waals surface area contributed by atoms with Crippen LogP contribution in [0.4, 0.5) is 5.69 Å². The highest BCUT2D eigenvalue weighted by atomic mass is 16.5. The summed E-state index contributed by atoms with van der Waals surface area (Å²) in [6, 6.07) is 14.3. The predicted molar refractivity (Wildman–Crippen MR) is 113 cm³/mol. The second-order valence-corrected chi connectivity index (χ2v) is 6.72. The fourth-order valence-electron chi connectivity index (χ4n) is 3.04. The van der Waals surface area contributed by atoms with Gasteiger partial charge < -0.3 is 14.8 Å². The van der Waals surface area contributed by atoms with Crippen LogP contribution in [0.3, 0.4) is 0 Å². The summed E-state index contributed by atoms with van der Waals surface area (Å²) < 4.78 is 12.8. The van der Waals surface area contributed by atoms with Crippen molar-refractivity contribution >= 4 is 11.6 Å². The second kappa shape index (κ2) is 9.04. The molecule has 0 saturated carbocycles. The molecule has 0 spiro atoms. The number of anilines is 1. The number of carbonyl (C=O) groups is 1. The zero-order chi connectivity index (χ0) is 21.6. The molecule has 1 amide bonds. The zero-order valence-electron chi connectivity index (χ0n) is 17.0. The highest BCUT2D eigenvalue weighted by molar-refractivity contribution is 6.04. The summed E-state index contributed by atoms with van der Waals surface area (Å²) >= 11 is 0. The van der Waals surface area contributed by atoms with Crippen molar-refractivity contribution in [3.63, 3.8) is 0 Å². The number of rotatable bonds is 7. The first kappa shape index (κ1) is 20.0. The number of nitrogens with one attached hydrogen (secondary N) is 1. The second-order valence-electron chi connectivity index (χ2n) is 6.72. The molecule has 4 rings (SSSR count). The van der Waals surface area contributed by atoms with E-state index in [9.17, 15) is 4.79 Å². The summed E-state index contributed by atoms with van der Waals surface area (Å²) in [5.41, 5.74) is 3.76. The summed E-state index contributed by atoms with van der Waals surface area (Å²) in [4.78, 5) is 16.8. The van der Waals surface area contributed by atoms with Crippen LogP contribution in [-0.4, -0.2) is 38.2 Å². The van der Waals surface area contributed by atoms with Crippen molar-refractivity contribution < 1.29 is 14.3 Å². The summed E-state index contributed by atoms with van der Waals surface area (Å²) in [6.45, 7) is 2.25. The van der Waals surface area contributed by atoms with Gasteiger partial charge in [-0.1, -0.05) is 0 Å². The summed E-state index contributed by atoms with van der Waals surface area (Å²) in [6.07, 6.45) is 4.92. The number of amides is 1. The maximum absolute atomic E-state index is 12.8. The third kappa shape index (κ3) is 4.67. The molecule has 1 N–H and O–H groups in total. The minimum Gasteiger partial charge on any atom is -0.493 e. The average Bonchev–Trinajstić information content (AvgIpc) is 3.33. The number of hydrogen-bond acceptors (Lipinski definition) is 7. The van der Waals surface area contributed by atoms with E-state index in [1.165, 1.54) is 6.33 Å². The van der Waals surface area contributed by atoms with Crippen molar-refractivity contribution in [3.05, 3.63) is 83.9 Å². The molecule has 4 aromatic rings. The molecule has 2 heterocycles. The molecule has 0 aliphatic heterocycles. The van der Waals surface area contributed by atoms with Crippen molar-refractivity contribution in [1.82, 2.24) is 25.2 Å². The van der Waals surface area contributed by atoms with Gasteiger partial charge in [0.25, 0.3) is 5.91 Å². The summed E-state index contributed by atoms with van der Waals surface area (Å²) in [5, 5.41) is 14.1. The standard InChI is InChI=1S/C22H20N6O3/c1-15-11-17(3-5-19(15)28-14-24-26-27-28)22(29)25-18-4-6-20(30-2)21(12-18)31-13-16-7-9-23-10-8-16/h3-12,14H,13H2,1-2H3,(H,25,29). The lowest BCUT2D eigenvalue weighted by atomic mass is 10.1. The number of hydrogen-bond donors (Lipinski definition) is 1. The Balaban J connectivity index is 1.49. The van der Waals surface area contributed by atoms with Gasteiger partial charge in [-0.15, -0.1) is 5.10 Å². The topological polar surface area (TPSA) is 104 Å². The number of ether oxygens (including phenoxy) is 2. The third-order valence-electron chi connectivity index (χ3n) is 4.62. The Hall–Kier alpha value is -4.27. The van der Waals surface area contributed by atoms with Gasteiger partial charge in [0.2, 0.25) is 0 Å². The number of nitrogens with zero attached hydrogens (tertiary/aromatic N) is 5. The van der Waals surface area contributed by atoms with Gasteiger partial charge in [-0.2, -0.15) is 0 Å². The van der Waals surface area contributed by atoms with Gasteiger partial charge in [-0.05, 0) is 70.9 Å². The Bertz CT molecular complexity index is 1180. The van der Waals surface area contributed by atoms with Gasteiger partial charge in [0, 0.05) is 29.7 Å². The van der Waals surface area contributed by atoms with E-state index in [2.05, 4.69) is 25.8 Å². The Morgan fingerprint density at radius 3 is 2.61 bits per heavy atom. The first-order valence-electron chi connectivity index (χ1n) is 9.49. The quantitative estimate of drug-likeness (QED) is 0.493. The van der Waals surface area contributed by atoms with Crippen molar-refractivity contribution in [3.8, 4) is 17.2 Å². The van der Waals surface area contributed by atoms with Crippen LogP contribution in [0.5, 0.6) is 11.5 Å². The molecule has 0 bridgehead atoms. The van der Waals surface area contributed by atoms with Crippen molar-refractivity contribution in [2.24, 2.45) is 0 Å². The number of tetrazole rings is 1. The van der Waals surface area contributed by atoms with E-state index < -0.39 is 0 Å².